The molecule has 1 aliphatic heterocycles. The van der Waals surface area contributed by atoms with Gasteiger partial charge in [0.25, 0.3) is 0 Å². The number of thiazole rings is 1. The fraction of sp³-hybridized carbons (Fsp3) is 0.200. The van der Waals surface area contributed by atoms with Crippen molar-refractivity contribution in [3.63, 3.8) is 0 Å². The second-order valence-electron chi connectivity index (χ2n) is 4.87. The Morgan fingerprint density at radius 3 is 2.67 bits per heavy atom. The van der Waals surface area contributed by atoms with E-state index in [1.165, 1.54) is 11.3 Å². The first-order chi connectivity index (χ1) is 9.99. The van der Waals surface area contributed by atoms with Gasteiger partial charge in [-0.1, -0.05) is 23.7 Å². The van der Waals surface area contributed by atoms with Gasteiger partial charge in [0.1, 0.15) is 16.6 Å². The van der Waals surface area contributed by atoms with E-state index in [4.69, 9.17) is 17.0 Å². The molecule has 0 amide bonds. The summed E-state index contributed by atoms with van der Waals surface area (Å²) in [6, 6.07) is 7.32. The smallest absolute Gasteiger partial charge is 0.139 e. The maximum absolute atomic E-state index is 10.3. The van der Waals surface area contributed by atoms with Crippen molar-refractivity contribution in [3.05, 3.63) is 50.6 Å². The fourth-order valence-corrected chi connectivity index (χ4v) is 3.48. The second-order valence-corrected chi connectivity index (χ2v) is 6.48. The molecule has 0 unspecified atom stereocenters. The summed E-state index contributed by atoms with van der Waals surface area (Å²) in [6.45, 7) is 4.16. The van der Waals surface area contributed by atoms with Crippen molar-refractivity contribution in [1.82, 2.24) is 4.98 Å². The van der Waals surface area contributed by atoms with Crippen LogP contribution < -0.4 is 4.90 Å². The Morgan fingerprint density at radius 1 is 1.33 bits per heavy atom. The largest absolute Gasteiger partial charge is 0.510 e. The van der Waals surface area contributed by atoms with Crippen LogP contribution in [0.1, 0.15) is 15.6 Å². The number of anilines is 1. The van der Waals surface area contributed by atoms with Crippen molar-refractivity contribution >= 4 is 40.0 Å². The van der Waals surface area contributed by atoms with E-state index < -0.39 is 0 Å². The average Bonchev–Trinajstić information content (AvgIpc) is 2.91. The van der Waals surface area contributed by atoms with Gasteiger partial charge in [0.05, 0.1) is 28.5 Å². The molecule has 4 nitrogen and oxygen atoms in total. The third-order valence-corrected chi connectivity index (χ3v) is 4.90. The van der Waals surface area contributed by atoms with Gasteiger partial charge < -0.3 is 10.0 Å². The van der Waals surface area contributed by atoms with Gasteiger partial charge in [-0.3, -0.25) is 5.41 Å². The third kappa shape index (κ3) is 2.32. The van der Waals surface area contributed by atoms with E-state index in [0.717, 1.165) is 16.3 Å². The van der Waals surface area contributed by atoms with Crippen molar-refractivity contribution in [2.24, 2.45) is 0 Å². The standard InChI is InChI=1S/C15H14ClN3OS/c1-8-9(2)21-15(18-8)13-12(20)7-19(14(13)17)11-6-4-3-5-10(11)16/h3-6,17,20H,7H2,1-2H3. The van der Waals surface area contributed by atoms with Crippen molar-refractivity contribution < 1.29 is 5.11 Å². The van der Waals surface area contributed by atoms with Crippen LogP contribution in [0.5, 0.6) is 0 Å². The summed E-state index contributed by atoms with van der Waals surface area (Å²) in [6.07, 6.45) is 0. The molecular formula is C15H14ClN3OS. The molecule has 2 aromatic rings. The summed E-state index contributed by atoms with van der Waals surface area (Å²) < 4.78 is 0. The highest BCUT2D eigenvalue weighted by molar-refractivity contribution is 7.13. The van der Waals surface area contributed by atoms with Crippen LogP contribution in [0.4, 0.5) is 5.69 Å². The molecule has 6 heteroatoms. The predicted molar refractivity (Wildman–Crippen MR) is 87.7 cm³/mol. The molecule has 2 N–H and O–H groups in total. The molecule has 0 fully saturated rings. The summed E-state index contributed by atoms with van der Waals surface area (Å²) in [5, 5.41) is 19.9. The van der Waals surface area contributed by atoms with Gasteiger partial charge in [0.2, 0.25) is 0 Å². The Bertz CT molecular complexity index is 747. The van der Waals surface area contributed by atoms with E-state index in [2.05, 4.69) is 4.98 Å². The van der Waals surface area contributed by atoms with Crippen molar-refractivity contribution in [2.45, 2.75) is 13.8 Å². The van der Waals surface area contributed by atoms with Crippen LogP contribution in [-0.4, -0.2) is 22.5 Å². The molecule has 3 rings (SSSR count). The van der Waals surface area contributed by atoms with Crippen LogP contribution in [-0.2, 0) is 0 Å². The van der Waals surface area contributed by atoms with Crippen LogP contribution in [0.2, 0.25) is 5.02 Å². The summed E-state index contributed by atoms with van der Waals surface area (Å²) in [4.78, 5) is 7.23. The first-order valence-corrected chi connectivity index (χ1v) is 7.66. The molecule has 1 aromatic heterocycles. The minimum atomic E-state index is 0.161. The lowest BCUT2D eigenvalue weighted by atomic mass is 10.2. The quantitative estimate of drug-likeness (QED) is 0.873. The number of amidine groups is 1. The van der Waals surface area contributed by atoms with Gasteiger partial charge in [-0.25, -0.2) is 4.98 Å². The molecule has 0 atom stereocenters. The number of hydrogen-bond donors (Lipinski definition) is 2. The van der Waals surface area contributed by atoms with Crippen molar-refractivity contribution in [3.8, 4) is 0 Å². The van der Waals surface area contributed by atoms with Gasteiger partial charge >= 0.3 is 0 Å². The lowest BCUT2D eigenvalue weighted by Gasteiger charge is -2.19. The van der Waals surface area contributed by atoms with Crippen LogP contribution >= 0.6 is 22.9 Å². The molecule has 2 heterocycles. The number of aryl methyl sites for hydroxylation is 2. The minimum Gasteiger partial charge on any atom is -0.510 e. The normalized spacial score (nSPS) is 15.2. The van der Waals surface area contributed by atoms with E-state index >= 15 is 0 Å². The van der Waals surface area contributed by atoms with E-state index in [0.29, 0.717) is 15.6 Å². The maximum atomic E-state index is 10.3. The minimum absolute atomic E-state index is 0.161. The first-order valence-electron chi connectivity index (χ1n) is 6.46. The molecule has 0 radical (unpaired) electrons. The zero-order valence-electron chi connectivity index (χ0n) is 11.6. The van der Waals surface area contributed by atoms with Crippen LogP contribution in [0.3, 0.4) is 0 Å². The highest BCUT2D eigenvalue weighted by atomic mass is 35.5. The number of nitrogens with one attached hydrogen (secondary N) is 1. The molecule has 0 spiro atoms. The lowest BCUT2D eigenvalue weighted by molar-refractivity contribution is 0.411. The first kappa shape index (κ1) is 14.1. The number of benzene rings is 1. The number of para-hydroxylation sites is 1. The summed E-state index contributed by atoms with van der Waals surface area (Å²) in [7, 11) is 0. The number of hydrogen-bond acceptors (Lipinski definition) is 4. The monoisotopic (exact) mass is 319 g/mol. The highest BCUT2D eigenvalue weighted by Crippen LogP contribution is 2.36. The van der Waals surface area contributed by atoms with Crippen molar-refractivity contribution in [1.29, 1.82) is 5.41 Å². The fourth-order valence-electron chi connectivity index (χ4n) is 2.26. The Kier molecular flexibility index (Phi) is 3.47. The van der Waals surface area contributed by atoms with Crippen LogP contribution in [0.15, 0.2) is 30.0 Å². The zero-order valence-corrected chi connectivity index (χ0v) is 13.2. The Hall–Kier alpha value is -1.85. The number of aromatic nitrogens is 1. The third-order valence-electron chi connectivity index (χ3n) is 3.49. The Balaban J connectivity index is 2.00. The van der Waals surface area contributed by atoms with Gasteiger partial charge in [0.15, 0.2) is 0 Å². The van der Waals surface area contributed by atoms with E-state index in [9.17, 15) is 5.11 Å². The molecular weight excluding hydrogens is 306 g/mol. The Labute approximate surface area is 131 Å². The topological polar surface area (TPSA) is 60.2 Å². The molecule has 1 aromatic carbocycles. The molecule has 0 saturated heterocycles. The Morgan fingerprint density at radius 2 is 2.05 bits per heavy atom. The van der Waals surface area contributed by atoms with Gasteiger partial charge in [0, 0.05) is 4.88 Å². The summed E-state index contributed by atoms with van der Waals surface area (Å²) in [5.74, 6) is 0.392. The van der Waals surface area contributed by atoms with E-state index in [1.54, 1.807) is 11.0 Å². The maximum Gasteiger partial charge on any atom is 0.139 e. The average molecular weight is 320 g/mol. The van der Waals surface area contributed by atoms with Crippen LogP contribution in [0.25, 0.3) is 5.57 Å². The van der Waals surface area contributed by atoms with E-state index in [1.807, 2.05) is 32.0 Å². The van der Waals surface area contributed by atoms with E-state index in [-0.39, 0.29) is 18.1 Å². The number of aliphatic hydroxyl groups is 1. The SMILES string of the molecule is Cc1nc(C2=C(O)CN(c3ccccc3Cl)C2=N)sc1C. The highest BCUT2D eigenvalue weighted by Gasteiger charge is 2.32. The predicted octanol–water partition coefficient (Wildman–Crippen LogP) is 4.18. The van der Waals surface area contributed by atoms with Crippen LogP contribution in [0, 0.1) is 19.3 Å². The summed E-state index contributed by atoms with van der Waals surface area (Å²) >= 11 is 7.68. The number of rotatable bonds is 2. The molecule has 21 heavy (non-hydrogen) atoms. The number of aliphatic hydroxyl groups excluding tert-OH is 1. The lowest BCUT2D eigenvalue weighted by Crippen LogP contribution is -2.26. The molecule has 1 aliphatic rings. The summed E-state index contributed by atoms with van der Waals surface area (Å²) in [5.41, 5.74) is 2.14. The van der Waals surface area contributed by atoms with Gasteiger partial charge in [-0.2, -0.15) is 0 Å². The molecule has 108 valence electrons. The number of nitrogens with zero attached hydrogens (tertiary/aromatic N) is 2. The molecule has 0 bridgehead atoms. The van der Waals surface area contributed by atoms with Crippen molar-refractivity contribution in [2.75, 3.05) is 11.4 Å². The zero-order chi connectivity index (χ0) is 15.1. The molecule has 0 saturated carbocycles. The van der Waals surface area contributed by atoms with Gasteiger partial charge in [-0.05, 0) is 26.0 Å². The second kappa shape index (κ2) is 5.16. The number of halogens is 1. The van der Waals surface area contributed by atoms with Gasteiger partial charge in [-0.15, -0.1) is 11.3 Å². The molecule has 0 aliphatic carbocycles.